The number of carbonyl (C=O) groups is 2. The van der Waals surface area contributed by atoms with E-state index in [4.69, 9.17) is 4.74 Å². The number of carbonyl (C=O) groups excluding carboxylic acids is 2. The van der Waals surface area contributed by atoms with E-state index in [0.29, 0.717) is 0 Å². The number of anilines is 1. The molecule has 0 aromatic heterocycles. The summed E-state index contributed by atoms with van der Waals surface area (Å²) in [6.45, 7) is 0. The third-order valence-electron chi connectivity index (χ3n) is 3.36. The number of rotatable bonds is 4. The highest BCUT2D eigenvalue weighted by Crippen LogP contribution is 2.36. The molecular weight excluding hydrogens is 415 g/mol. The quantitative estimate of drug-likeness (QED) is 0.414. The lowest BCUT2D eigenvalue weighted by Gasteiger charge is -2.24. The Morgan fingerprint density at radius 3 is 2.42 bits per heavy atom. The second-order valence-electron chi connectivity index (χ2n) is 4.83. The topological polar surface area (TPSA) is 99.0 Å². The smallest absolute Gasteiger partial charge is 0.355 e. The molecule has 8 nitrogen and oxygen atoms in total. The highest BCUT2D eigenvalue weighted by molar-refractivity contribution is 9.10. The number of esters is 2. The molecule has 26 heavy (non-hydrogen) atoms. The van der Waals surface area contributed by atoms with Crippen molar-refractivity contribution in [1.82, 2.24) is 0 Å². The lowest BCUT2D eigenvalue weighted by molar-refractivity contribution is -0.387. The van der Waals surface area contributed by atoms with Crippen LogP contribution in [0.1, 0.15) is 0 Å². The molecule has 0 bridgehead atoms. The summed E-state index contributed by atoms with van der Waals surface area (Å²) in [5, 5.41) is 11.1. The van der Waals surface area contributed by atoms with Crippen molar-refractivity contribution < 1.29 is 28.4 Å². The number of nitro benzene ring substituents is 1. The number of nitro groups is 1. The van der Waals surface area contributed by atoms with Crippen molar-refractivity contribution in [3.05, 3.63) is 68.2 Å². The van der Waals surface area contributed by atoms with E-state index in [0.717, 1.165) is 26.4 Å². The first-order chi connectivity index (χ1) is 12.3. The normalized spacial score (nSPS) is 13.5. The van der Waals surface area contributed by atoms with E-state index in [1.807, 2.05) is 0 Å². The molecule has 0 spiro atoms. The fourth-order valence-corrected chi connectivity index (χ4v) is 2.71. The van der Waals surface area contributed by atoms with Gasteiger partial charge in [0.15, 0.2) is 0 Å². The first-order valence-electron chi connectivity index (χ1n) is 7.00. The zero-order valence-electron chi connectivity index (χ0n) is 13.6. The number of benzene rings is 1. The first-order valence-corrected chi connectivity index (χ1v) is 7.79. The molecule has 136 valence electrons. The Morgan fingerprint density at radius 2 is 1.85 bits per heavy atom. The summed E-state index contributed by atoms with van der Waals surface area (Å²) in [4.78, 5) is 35.7. The summed E-state index contributed by atoms with van der Waals surface area (Å²) >= 11 is 3.11. The Morgan fingerprint density at radius 1 is 1.19 bits per heavy atom. The Kier molecular flexibility index (Phi) is 5.88. The Balaban J connectivity index is 2.77. The van der Waals surface area contributed by atoms with E-state index in [1.165, 1.54) is 29.3 Å². The van der Waals surface area contributed by atoms with Crippen molar-refractivity contribution in [2.75, 3.05) is 19.1 Å². The molecule has 0 unspecified atom stereocenters. The van der Waals surface area contributed by atoms with Crippen molar-refractivity contribution in [3.8, 4) is 0 Å². The first kappa shape index (κ1) is 19.3. The number of allylic oxidation sites excluding steroid dienone is 2. The lowest BCUT2D eigenvalue weighted by atomic mass is 10.1. The van der Waals surface area contributed by atoms with Gasteiger partial charge in [-0.05, 0) is 34.1 Å². The average molecular weight is 427 g/mol. The molecule has 1 aliphatic rings. The third-order valence-corrected chi connectivity index (χ3v) is 4.00. The highest BCUT2D eigenvalue weighted by atomic mass is 79.9. The van der Waals surface area contributed by atoms with Crippen LogP contribution in [0.4, 0.5) is 15.8 Å². The minimum Gasteiger partial charge on any atom is -0.465 e. The molecule has 1 aliphatic heterocycles. The molecule has 0 atom stereocenters. The second kappa shape index (κ2) is 7.91. The van der Waals surface area contributed by atoms with Crippen molar-refractivity contribution in [3.63, 3.8) is 0 Å². The van der Waals surface area contributed by atoms with Gasteiger partial charge in [-0.1, -0.05) is 6.08 Å². The van der Waals surface area contributed by atoms with Gasteiger partial charge in [-0.3, -0.25) is 10.1 Å². The number of halogens is 2. The maximum absolute atomic E-state index is 13.8. The molecule has 1 heterocycles. The van der Waals surface area contributed by atoms with Crippen LogP contribution in [-0.2, 0) is 19.1 Å². The molecule has 0 amide bonds. The molecule has 10 heteroatoms. The number of methoxy groups -OCH3 is 2. The minimum atomic E-state index is -1.06. The zero-order valence-corrected chi connectivity index (χ0v) is 15.1. The van der Waals surface area contributed by atoms with Crippen LogP contribution in [0.3, 0.4) is 0 Å². The van der Waals surface area contributed by atoms with Crippen LogP contribution in [0.2, 0.25) is 0 Å². The number of hydrogen-bond acceptors (Lipinski definition) is 7. The number of hydrogen-bond donors (Lipinski definition) is 0. The van der Waals surface area contributed by atoms with Gasteiger partial charge in [0.05, 0.1) is 30.4 Å². The van der Waals surface area contributed by atoms with Gasteiger partial charge in [-0.25, -0.2) is 9.59 Å². The van der Waals surface area contributed by atoms with Crippen LogP contribution in [-0.4, -0.2) is 31.1 Å². The maximum Gasteiger partial charge on any atom is 0.355 e. The monoisotopic (exact) mass is 426 g/mol. The van der Waals surface area contributed by atoms with Gasteiger partial charge in [-0.15, -0.1) is 0 Å². The molecule has 1 aromatic carbocycles. The highest BCUT2D eigenvalue weighted by Gasteiger charge is 2.30. The summed E-state index contributed by atoms with van der Waals surface area (Å²) in [5.41, 5.74) is -1.12. The standard InChI is InChI=1S/C16H12BrFN2O6/c1-25-15(21)9-5-3-4-6-19(14(9)16(22)26-2)12-8-13(20(23)24)11(18)7-10(12)17/h3-8H,1-2H3. The molecular formula is C16H12BrFN2O6. The van der Waals surface area contributed by atoms with E-state index in [-0.39, 0.29) is 21.4 Å². The fraction of sp³-hybridized carbons (Fsp3) is 0.125. The van der Waals surface area contributed by atoms with Gasteiger partial charge in [0.1, 0.15) is 5.70 Å². The Hall–Kier alpha value is -3.01. The van der Waals surface area contributed by atoms with Crippen molar-refractivity contribution in [2.45, 2.75) is 0 Å². The van der Waals surface area contributed by atoms with Gasteiger partial charge in [0.25, 0.3) is 0 Å². The minimum absolute atomic E-state index is 0.0554. The number of nitrogens with zero attached hydrogens (tertiary/aromatic N) is 2. The third kappa shape index (κ3) is 3.64. The Labute approximate surface area is 155 Å². The molecule has 0 fully saturated rings. The maximum atomic E-state index is 13.8. The van der Waals surface area contributed by atoms with E-state index < -0.39 is 28.4 Å². The average Bonchev–Trinajstić information content (AvgIpc) is 2.83. The van der Waals surface area contributed by atoms with Gasteiger partial charge in [0, 0.05) is 16.7 Å². The van der Waals surface area contributed by atoms with Gasteiger partial charge < -0.3 is 14.4 Å². The van der Waals surface area contributed by atoms with Crippen LogP contribution < -0.4 is 4.90 Å². The summed E-state index contributed by atoms with van der Waals surface area (Å²) in [5.74, 6) is -2.76. The van der Waals surface area contributed by atoms with Crippen molar-refractivity contribution in [2.24, 2.45) is 0 Å². The van der Waals surface area contributed by atoms with Gasteiger partial charge in [0.2, 0.25) is 5.82 Å². The summed E-state index contributed by atoms with van der Waals surface area (Å²) in [6, 6.07) is 1.83. The van der Waals surface area contributed by atoms with Crippen molar-refractivity contribution >= 4 is 39.2 Å². The molecule has 0 saturated heterocycles. The molecule has 0 saturated carbocycles. The van der Waals surface area contributed by atoms with Crippen molar-refractivity contribution in [1.29, 1.82) is 0 Å². The molecule has 0 N–H and O–H groups in total. The van der Waals surface area contributed by atoms with Crippen LogP contribution in [0, 0.1) is 15.9 Å². The molecule has 1 aromatic rings. The predicted molar refractivity (Wildman–Crippen MR) is 92.6 cm³/mol. The summed E-state index contributed by atoms with van der Waals surface area (Å²) in [6.07, 6.45) is 5.67. The predicted octanol–water partition coefficient (Wildman–Crippen LogP) is 2.99. The SMILES string of the molecule is COC(=O)C1=C(C(=O)OC)N(c2cc([N+](=O)[O-])c(F)cc2Br)C=CC=C1. The number of ether oxygens (including phenoxy) is 2. The van der Waals surface area contributed by atoms with Gasteiger partial charge >= 0.3 is 17.6 Å². The Bertz CT molecular complexity index is 878. The van der Waals surface area contributed by atoms with E-state index in [1.54, 1.807) is 0 Å². The summed E-state index contributed by atoms with van der Waals surface area (Å²) < 4.78 is 23.3. The van der Waals surface area contributed by atoms with Gasteiger partial charge in [-0.2, -0.15) is 4.39 Å². The zero-order chi connectivity index (χ0) is 19.4. The summed E-state index contributed by atoms with van der Waals surface area (Å²) in [7, 11) is 2.25. The van der Waals surface area contributed by atoms with Crippen LogP contribution in [0.15, 0.2) is 52.3 Å². The fourth-order valence-electron chi connectivity index (χ4n) is 2.20. The van der Waals surface area contributed by atoms with Crippen LogP contribution >= 0.6 is 15.9 Å². The molecule has 2 rings (SSSR count). The van der Waals surface area contributed by atoms with E-state index in [2.05, 4.69) is 20.7 Å². The second-order valence-corrected chi connectivity index (χ2v) is 5.68. The molecule has 0 radical (unpaired) electrons. The van der Waals surface area contributed by atoms with E-state index in [9.17, 15) is 24.1 Å². The van der Waals surface area contributed by atoms with Crippen LogP contribution in [0.25, 0.3) is 0 Å². The largest absolute Gasteiger partial charge is 0.465 e. The molecule has 0 aliphatic carbocycles. The lowest BCUT2D eigenvalue weighted by Crippen LogP contribution is -2.27. The van der Waals surface area contributed by atoms with Crippen LogP contribution in [0.5, 0.6) is 0 Å². The van der Waals surface area contributed by atoms with E-state index >= 15 is 0 Å².